The van der Waals surface area contributed by atoms with E-state index in [2.05, 4.69) is 4.98 Å². The number of carbonyl (C=O) groups is 1. The molecule has 0 atom stereocenters. The van der Waals surface area contributed by atoms with Crippen molar-refractivity contribution in [2.75, 3.05) is 0 Å². The van der Waals surface area contributed by atoms with Gasteiger partial charge in [0.1, 0.15) is 0 Å². The van der Waals surface area contributed by atoms with Crippen LogP contribution in [0, 0.1) is 0 Å². The quantitative estimate of drug-likeness (QED) is 0.473. The highest BCUT2D eigenvalue weighted by Crippen LogP contribution is 2.12. The minimum Gasteiger partial charge on any atom is -0.334 e. The summed E-state index contributed by atoms with van der Waals surface area (Å²) in [7, 11) is 0. The predicted octanol–water partition coefficient (Wildman–Crippen LogP) is 4.02. The van der Waals surface area contributed by atoms with Crippen molar-refractivity contribution in [3.05, 3.63) is 113 Å². The van der Waals surface area contributed by atoms with Crippen molar-refractivity contribution in [1.82, 2.24) is 14.5 Å². The highest BCUT2D eigenvalue weighted by atomic mass is 16.2. The minimum atomic E-state index is -0.119. The van der Waals surface area contributed by atoms with E-state index in [9.17, 15) is 9.59 Å². The van der Waals surface area contributed by atoms with Crippen LogP contribution in [-0.2, 0) is 24.4 Å². The molecule has 0 aliphatic heterocycles. The Morgan fingerprint density at radius 1 is 0.800 bits per heavy atom. The highest BCUT2D eigenvalue weighted by molar-refractivity contribution is 5.77. The Hall–Kier alpha value is -3.73. The van der Waals surface area contributed by atoms with Crippen LogP contribution >= 0.6 is 0 Å². The monoisotopic (exact) mass is 397 g/mol. The summed E-state index contributed by atoms with van der Waals surface area (Å²) < 4.78 is 1.52. The summed E-state index contributed by atoms with van der Waals surface area (Å²) in [4.78, 5) is 32.0. The zero-order chi connectivity index (χ0) is 20.8. The van der Waals surface area contributed by atoms with E-state index in [0.29, 0.717) is 30.5 Å². The number of carbonyl (C=O) groups excluding carboxylic acids is 1. The van der Waals surface area contributed by atoms with Gasteiger partial charge < -0.3 is 4.90 Å². The molecule has 0 spiro atoms. The molecular formula is C25H23N3O2. The Labute approximate surface area is 175 Å². The minimum absolute atomic E-state index is 0.00256. The fourth-order valence-corrected chi connectivity index (χ4v) is 3.48. The summed E-state index contributed by atoms with van der Waals surface area (Å²) in [6, 6.07) is 27.1. The van der Waals surface area contributed by atoms with Crippen LogP contribution in [0.15, 0.2) is 96.1 Å². The van der Waals surface area contributed by atoms with E-state index in [1.165, 1.54) is 10.9 Å². The van der Waals surface area contributed by atoms with E-state index < -0.39 is 0 Å². The molecule has 5 nitrogen and oxygen atoms in total. The van der Waals surface area contributed by atoms with E-state index in [-0.39, 0.29) is 17.9 Å². The van der Waals surface area contributed by atoms with Gasteiger partial charge in [-0.15, -0.1) is 0 Å². The molecule has 5 heteroatoms. The van der Waals surface area contributed by atoms with Gasteiger partial charge in [0.15, 0.2) is 0 Å². The van der Waals surface area contributed by atoms with Crippen LogP contribution in [0.3, 0.4) is 0 Å². The molecule has 0 radical (unpaired) electrons. The van der Waals surface area contributed by atoms with Gasteiger partial charge in [-0.05, 0) is 23.3 Å². The molecule has 1 aromatic heterocycles. The molecule has 4 aromatic rings. The number of amides is 1. The summed E-state index contributed by atoms with van der Waals surface area (Å²) in [5.74, 6) is 0.00256. The van der Waals surface area contributed by atoms with E-state index in [0.717, 1.165) is 11.1 Å². The molecule has 0 fully saturated rings. The fraction of sp³-hybridized carbons (Fsp3) is 0.160. The molecule has 3 aromatic carbocycles. The number of aromatic nitrogens is 2. The van der Waals surface area contributed by atoms with Gasteiger partial charge in [-0.1, -0.05) is 72.8 Å². The van der Waals surface area contributed by atoms with Crippen LogP contribution < -0.4 is 5.56 Å². The summed E-state index contributed by atoms with van der Waals surface area (Å²) >= 11 is 0. The molecule has 0 aliphatic carbocycles. The molecule has 30 heavy (non-hydrogen) atoms. The van der Waals surface area contributed by atoms with Gasteiger partial charge in [0.05, 0.1) is 17.2 Å². The van der Waals surface area contributed by atoms with Crippen molar-refractivity contribution in [2.24, 2.45) is 0 Å². The first-order valence-corrected chi connectivity index (χ1v) is 10.0. The van der Waals surface area contributed by atoms with Gasteiger partial charge in [-0.2, -0.15) is 0 Å². The van der Waals surface area contributed by atoms with Crippen molar-refractivity contribution in [2.45, 2.75) is 26.1 Å². The third-order valence-electron chi connectivity index (χ3n) is 5.08. The molecule has 4 rings (SSSR count). The maximum absolute atomic E-state index is 13.1. The first-order valence-electron chi connectivity index (χ1n) is 10.0. The molecule has 1 heterocycles. The standard InChI is InChI=1S/C25H23N3O2/c29-24(15-16-27-19-26-23-14-8-7-13-22(23)25(27)30)28(17-20-9-3-1-4-10-20)18-21-11-5-2-6-12-21/h1-14,19H,15-18H2. The second-order valence-corrected chi connectivity index (χ2v) is 7.23. The lowest BCUT2D eigenvalue weighted by Gasteiger charge is -2.23. The molecule has 0 saturated carbocycles. The van der Waals surface area contributed by atoms with Crippen LogP contribution in [0.5, 0.6) is 0 Å². The lowest BCUT2D eigenvalue weighted by atomic mass is 10.1. The predicted molar refractivity (Wildman–Crippen MR) is 118 cm³/mol. The van der Waals surface area contributed by atoms with Gasteiger partial charge >= 0.3 is 0 Å². The van der Waals surface area contributed by atoms with E-state index in [4.69, 9.17) is 0 Å². The first-order chi connectivity index (χ1) is 14.7. The fourth-order valence-electron chi connectivity index (χ4n) is 3.48. The largest absolute Gasteiger partial charge is 0.334 e. The third kappa shape index (κ3) is 4.63. The van der Waals surface area contributed by atoms with Crippen molar-refractivity contribution < 1.29 is 4.79 Å². The first kappa shape index (κ1) is 19.6. The van der Waals surface area contributed by atoms with Gasteiger partial charge in [-0.25, -0.2) is 4.98 Å². The average Bonchev–Trinajstić information content (AvgIpc) is 2.79. The van der Waals surface area contributed by atoms with Gasteiger partial charge in [0, 0.05) is 26.1 Å². The molecule has 1 amide bonds. The van der Waals surface area contributed by atoms with Crippen molar-refractivity contribution in [3.63, 3.8) is 0 Å². The van der Waals surface area contributed by atoms with Crippen LogP contribution in [0.2, 0.25) is 0 Å². The molecule has 150 valence electrons. The number of para-hydroxylation sites is 1. The smallest absolute Gasteiger partial charge is 0.261 e. The zero-order valence-electron chi connectivity index (χ0n) is 16.6. The number of aryl methyl sites for hydroxylation is 1. The number of hydrogen-bond acceptors (Lipinski definition) is 3. The molecule has 0 unspecified atom stereocenters. The van der Waals surface area contributed by atoms with Gasteiger partial charge in [0.2, 0.25) is 5.91 Å². The number of benzene rings is 3. The summed E-state index contributed by atoms with van der Waals surface area (Å²) in [6.07, 6.45) is 1.76. The number of hydrogen-bond donors (Lipinski definition) is 0. The lowest BCUT2D eigenvalue weighted by Crippen LogP contribution is -2.32. The maximum atomic E-state index is 13.1. The Morgan fingerprint density at radius 3 is 2.00 bits per heavy atom. The van der Waals surface area contributed by atoms with Gasteiger partial charge in [-0.3, -0.25) is 14.2 Å². The summed E-state index contributed by atoms with van der Waals surface area (Å²) in [5, 5.41) is 0.567. The topological polar surface area (TPSA) is 55.2 Å². The lowest BCUT2D eigenvalue weighted by molar-refractivity contribution is -0.132. The maximum Gasteiger partial charge on any atom is 0.261 e. The SMILES string of the molecule is O=C(CCn1cnc2ccccc2c1=O)N(Cc1ccccc1)Cc1ccccc1. The number of fused-ring (bicyclic) bond motifs is 1. The summed E-state index contributed by atoms with van der Waals surface area (Å²) in [6.45, 7) is 1.36. The normalized spacial score (nSPS) is 10.8. The molecule has 0 N–H and O–H groups in total. The Kier molecular flexibility index (Phi) is 5.99. The highest BCUT2D eigenvalue weighted by Gasteiger charge is 2.15. The number of nitrogens with zero attached hydrogens (tertiary/aromatic N) is 3. The van der Waals surface area contributed by atoms with Crippen LogP contribution in [0.1, 0.15) is 17.5 Å². The van der Waals surface area contributed by atoms with E-state index >= 15 is 0 Å². The molecule has 0 bridgehead atoms. The second-order valence-electron chi connectivity index (χ2n) is 7.23. The Bertz CT molecular complexity index is 1150. The van der Waals surface area contributed by atoms with Crippen molar-refractivity contribution in [1.29, 1.82) is 0 Å². The third-order valence-corrected chi connectivity index (χ3v) is 5.08. The zero-order valence-corrected chi connectivity index (χ0v) is 16.6. The second kappa shape index (κ2) is 9.18. The van der Waals surface area contributed by atoms with E-state index in [1.807, 2.05) is 83.8 Å². The van der Waals surface area contributed by atoms with Gasteiger partial charge in [0.25, 0.3) is 5.56 Å². The average molecular weight is 397 g/mol. The van der Waals surface area contributed by atoms with E-state index in [1.54, 1.807) is 6.07 Å². The number of rotatable bonds is 7. The molecule has 0 saturated heterocycles. The Morgan fingerprint density at radius 2 is 1.37 bits per heavy atom. The summed E-state index contributed by atoms with van der Waals surface area (Å²) in [5.41, 5.74) is 2.70. The van der Waals surface area contributed by atoms with Crippen molar-refractivity contribution in [3.8, 4) is 0 Å². The Balaban J connectivity index is 1.51. The van der Waals surface area contributed by atoms with Crippen LogP contribution in [-0.4, -0.2) is 20.4 Å². The molecule has 0 aliphatic rings. The van der Waals surface area contributed by atoms with Crippen molar-refractivity contribution >= 4 is 16.8 Å². The molecular weight excluding hydrogens is 374 g/mol. The van der Waals surface area contributed by atoms with Crippen LogP contribution in [0.25, 0.3) is 10.9 Å². The van der Waals surface area contributed by atoms with Crippen LogP contribution in [0.4, 0.5) is 0 Å².